The largest absolute Gasteiger partial charge is 0.0628 e. The molecule has 0 nitrogen and oxygen atoms in total. The second kappa shape index (κ2) is 4.00. The van der Waals surface area contributed by atoms with Crippen LogP contribution in [0.3, 0.4) is 0 Å². The summed E-state index contributed by atoms with van der Waals surface area (Å²) in [6.45, 7) is 13.1. The SMILES string of the molecule is [CH2]CC(C)(C)CCC(C)C. The third kappa shape index (κ3) is 4.84. The molecule has 0 heteroatoms. The van der Waals surface area contributed by atoms with Gasteiger partial charge in [0.25, 0.3) is 0 Å². The Balaban J connectivity index is 3.46. The molecule has 0 amide bonds. The van der Waals surface area contributed by atoms with Gasteiger partial charge in [-0.05, 0) is 24.2 Å². The van der Waals surface area contributed by atoms with Crippen molar-refractivity contribution in [3.63, 3.8) is 0 Å². The van der Waals surface area contributed by atoms with Gasteiger partial charge >= 0.3 is 0 Å². The predicted molar refractivity (Wildman–Crippen MR) is 47.8 cm³/mol. The summed E-state index contributed by atoms with van der Waals surface area (Å²) in [5.74, 6) is 0.839. The quantitative estimate of drug-likeness (QED) is 0.560. The fraction of sp³-hybridized carbons (Fsp3) is 0.900. The zero-order valence-corrected chi connectivity index (χ0v) is 7.91. The summed E-state index contributed by atoms with van der Waals surface area (Å²) in [7, 11) is 0. The Kier molecular flexibility index (Phi) is 4.00. The molecule has 0 bridgehead atoms. The Morgan fingerprint density at radius 3 is 2.10 bits per heavy atom. The molecule has 0 aliphatic carbocycles. The van der Waals surface area contributed by atoms with Crippen molar-refractivity contribution in [3.05, 3.63) is 6.92 Å². The summed E-state index contributed by atoms with van der Waals surface area (Å²) in [4.78, 5) is 0. The summed E-state index contributed by atoms with van der Waals surface area (Å²) in [5, 5.41) is 0. The highest BCUT2D eigenvalue weighted by molar-refractivity contribution is 4.69. The summed E-state index contributed by atoms with van der Waals surface area (Å²) in [6.07, 6.45) is 3.70. The molecule has 0 unspecified atom stereocenters. The van der Waals surface area contributed by atoms with Crippen LogP contribution in [0, 0.1) is 18.3 Å². The molecule has 0 fully saturated rings. The third-order valence-electron chi connectivity index (χ3n) is 2.08. The van der Waals surface area contributed by atoms with Gasteiger partial charge in [-0.3, -0.25) is 0 Å². The van der Waals surface area contributed by atoms with Crippen LogP contribution in [0.2, 0.25) is 0 Å². The van der Waals surface area contributed by atoms with Gasteiger partial charge in [-0.25, -0.2) is 0 Å². The molecule has 0 spiro atoms. The molecule has 1 radical (unpaired) electrons. The predicted octanol–water partition coefficient (Wildman–Crippen LogP) is 3.67. The fourth-order valence-electron chi connectivity index (χ4n) is 0.804. The van der Waals surface area contributed by atoms with Gasteiger partial charge in [0.15, 0.2) is 0 Å². The van der Waals surface area contributed by atoms with Crippen molar-refractivity contribution in [2.75, 3.05) is 0 Å². The monoisotopic (exact) mass is 141 g/mol. The van der Waals surface area contributed by atoms with E-state index in [2.05, 4.69) is 34.6 Å². The van der Waals surface area contributed by atoms with Gasteiger partial charge < -0.3 is 0 Å². The first-order valence-corrected chi connectivity index (χ1v) is 4.27. The van der Waals surface area contributed by atoms with Crippen LogP contribution in [0.15, 0.2) is 0 Å². The molecule has 0 rings (SSSR count). The molecular weight excluding hydrogens is 120 g/mol. The molecule has 0 saturated heterocycles. The molecule has 0 aromatic carbocycles. The van der Waals surface area contributed by atoms with Crippen molar-refractivity contribution in [1.29, 1.82) is 0 Å². The van der Waals surface area contributed by atoms with Gasteiger partial charge in [-0.2, -0.15) is 0 Å². The number of hydrogen-bond donors (Lipinski definition) is 0. The van der Waals surface area contributed by atoms with E-state index in [0.717, 1.165) is 12.3 Å². The van der Waals surface area contributed by atoms with Gasteiger partial charge in [0, 0.05) is 0 Å². The van der Waals surface area contributed by atoms with E-state index in [1.807, 2.05) is 0 Å². The number of rotatable bonds is 4. The van der Waals surface area contributed by atoms with Crippen molar-refractivity contribution in [2.24, 2.45) is 11.3 Å². The Hall–Kier alpha value is 0. The first kappa shape index (κ1) is 10.0. The minimum atomic E-state index is 0.463. The smallest absolute Gasteiger partial charge is 0.0354 e. The van der Waals surface area contributed by atoms with E-state index in [4.69, 9.17) is 0 Å². The van der Waals surface area contributed by atoms with Crippen LogP contribution in [0.4, 0.5) is 0 Å². The molecule has 0 aromatic rings. The van der Waals surface area contributed by atoms with Gasteiger partial charge in [-0.1, -0.05) is 41.0 Å². The van der Waals surface area contributed by atoms with E-state index in [1.54, 1.807) is 0 Å². The lowest BCUT2D eigenvalue weighted by atomic mass is 9.83. The summed E-state index contributed by atoms with van der Waals surface area (Å²) in [5.41, 5.74) is 0.463. The van der Waals surface area contributed by atoms with Gasteiger partial charge in [0.05, 0.1) is 0 Å². The van der Waals surface area contributed by atoms with Crippen LogP contribution in [0.5, 0.6) is 0 Å². The lowest BCUT2D eigenvalue weighted by Crippen LogP contribution is -2.10. The maximum Gasteiger partial charge on any atom is -0.0354 e. The Bertz CT molecular complexity index is 80.0. The first-order valence-electron chi connectivity index (χ1n) is 4.27. The van der Waals surface area contributed by atoms with E-state index in [-0.39, 0.29) is 0 Å². The van der Waals surface area contributed by atoms with Gasteiger partial charge in [-0.15, -0.1) is 0 Å². The lowest BCUT2D eigenvalue weighted by Gasteiger charge is -2.23. The van der Waals surface area contributed by atoms with Crippen molar-refractivity contribution < 1.29 is 0 Å². The molecular formula is C10H21. The molecule has 0 atom stereocenters. The molecule has 0 aliphatic rings. The third-order valence-corrected chi connectivity index (χ3v) is 2.08. The van der Waals surface area contributed by atoms with Gasteiger partial charge in [0.1, 0.15) is 0 Å². The molecule has 0 aliphatic heterocycles. The van der Waals surface area contributed by atoms with Crippen molar-refractivity contribution in [2.45, 2.75) is 47.0 Å². The molecule has 0 N–H and O–H groups in total. The lowest BCUT2D eigenvalue weighted by molar-refractivity contribution is 0.306. The maximum atomic E-state index is 3.94. The summed E-state index contributed by atoms with van der Waals surface area (Å²) in [6, 6.07) is 0. The Labute approximate surface area is 66.0 Å². The second-order valence-electron chi connectivity index (χ2n) is 4.35. The van der Waals surface area contributed by atoms with E-state index in [9.17, 15) is 0 Å². The average Bonchev–Trinajstić information content (AvgIpc) is 1.85. The topological polar surface area (TPSA) is 0 Å². The fourth-order valence-corrected chi connectivity index (χ4v) is 0.804. The Morgan fingerprint density at radius 2 is 1.80 bits per heavy atom. The molecule has 61 valence electrons. The zero-order valence-electron chi connectivity index (χ0n) is 7.91. The van der Waals surface area contributed by atoms with Crippen LogP contribution < -0.4 is 0 Å². The normalized spacial score (nSPS) is 12.6. The average molecular weight is 141 g/mol. The Morgan fingerprint density at radius 1 is 1.30 bits per heavy atom. The highest BCUT2D eigenvalue weighted by atomic mass is 14.2. The van der Waals surface area contributed by atoms with E-state index >= 15 is 0 Å². The minimum Gasteiger partial charge on any atom is -0.0628 e. The minimum absolute atomic E-state index is 0.463. The molecule has 10 heavy (non-hydrogen) atoms. The van der Waals surface area contributed by atoms with Crippen LogP contribution in [-0.4, -0.2) is 0 Å². The molecule has 0 heterocycles. The first-order chi connectivity index (χ1) is 4.48. The van der Waals surface area contributed by atoms with E-state index in [0.29, 0.717) is 5.41 Å². The number of hydrogen-bond acceptors (Lipinski definition) is 0. The summed E-state index contributed by atoms with van der Waals surface area (Å²) >= 11 is 0. The van der Waals surface area contributed by atoms with Crippen molar-refractivity contribution in [1.82, 2.24) is 0 Å². The van der Waals surface area contributed by atoms with Gasteiger partial charge in [0.2, 0.25) is 0 Å². The highest BCUT2D eigenvalue weighted by Gasteiger charge is 2.14. The van der Waals surface area contributed by atoms with Crippen molar-refractivity contribution >= 4 is 0 Å². The van der Waals surface area contributed by atoms with Crippen LogP contribution >= 0.6 is 0 Å². The second-order valence-corrected chi connectivity index (χ2v) is 4.35. The summed E-state index contributed by atoms with van der Waals surface area (Å²) < 4.78 is 0. The van der Waals surface area contributed by atoms with Crippen LogP contribution in [0.25, 0.3) is 0 Å². The standard InChI is InChI=1S/C10H21/c1-6-10(4,5)8-7-9(2)3/h9H,1,6-8H2,2-5H3. The van der Waals surface area contributed by atoms with Crippen LogP contribution in [0.1, 0.15) is 47.0 Å². The maximum absolute atomic E-state index is 3.94. The van der Waals surface area contributed by atoms with E-state index < -0.39 is 0 Å². The zero-order chi connectivity index (χ0) is 8.20. The van der Waals surface area contributed by atoms with Crippen molar-refractivity contribution in [3.8, 4) is 0 Å². The molecule has 0 saturated carbocycles. The molecule has 0 aromatic heterocycles. The van der Waals surface area contributed by atoms with Crippen LogP contribution in [-0.2, 0) is 0 Å². The highest BCUT2D eigenvalue weighted by Crippen LogP contribution is 2.27. The van der Waals surface area contributed by atoms with E-state index in [1.165, 1.54) is 12.8 Å².